The van der Waals surface area contributed by atoms with Gasteiger partial charge in [0.15, 0.2) is 17.2 Å². The lowest BCUT2D eigenvalue weighted by Gasteiger charge is -2.45. The standard InChI is InChI=1S/C30H35F2N3O4/c1-3-38-29(36)21-10-12-35(13-11-21)25-15-30(39-33-25)17-34(18-30)16-22-14-24(19-4-5-19)26(27(32)28(22)37-2)20-6-8-23(31)9-7-20/h6-9,14,19,21H,3-5,10-13,15-18H2,1-2H3. The number of methoxy groups -OCH3 is 1. The van der Waals surface area contributed by atoms with Gasteiger partial charge in [-0.25, -0.2) is 8.78 Å². The number of amidine groups is 1. The highest BCUT2D eigenvalue weighted by Gasteiger charge is 2.51. The van der Waals surface area contributed by atoms with Crippen molar-refractivity contribution >= 4 is 11.8 Å². The van der Waals surface area contributed by atoms with Crippen molar-refractivity contribution < 1.29 is 27.9 Å². The Kier molecular flexibility index (Phi) is 6.95. The van der Waals surface area contributed by atoms with E-state index in [4.69, 9.17) is 14.3 Å². The second-order valence-electron chi connectivity index (χ2n) is 11.2. The summed E-state index contributed by atoms with van der Waals surface area (Å²) in [6.45, 7) is 5.73. The normalized spacial score (nSPS) is 20.9. The minimum Gasteiger partial charge on any atom is -0.493 e. The fourth-order valence-corrected chi connectivity index (χ4v) is 6.27. The lowest BCUT2D eigenvalue weighted by atomic mass is 9.88. The predicted octanol–water partition coefficient (Wildman–Crippen LogP) is 5.08. The van der Waals surface area contributed by atoms with E-state index in [1.807, 2.05) is 6.92 Å². The van der Waals surface area contributed by atoms with E-state index in [0.29, 0.717) is 43.3 Å². The number of carbonyl (C=O) groups is 1. The molecule has 0 unspecified atom stereocenters. The Morgan fingerprint density at radius 1 is 1.13 bits per heavy atom. The molecule has 2 aromatic carbocycles. The van der Waals surface area contributed by atoms with E-state index < -0.39 is 0 Å². The first-order valence-electron chi connectivity index (χ1n) is 13.9. The van der Waals surface area contributed by atoms with Crippen LogP contribution in [0.5, 0.6) is 5.75 Å². The number of nitrogens with zero attached hydrogens (tertiary/aromatic N) is 3. The van der Waals surface area contributed by atoms with Crippen molar-refractivity contribution in [1.29, 1.82) is 0 Å². The van der Waals surface area contributed by atoms with Crippen LogP contribution in [0.25, 0.3) is 11.1 Å². The van der Waals surface area contributed by atoms with Crippen LogP contribution in [0.1, 0.15) is 56.1 Å². The SMILES string of the molecule is CCOC(=O)C1CCN(C2=NOC3(C2)CN(Cc2cc(C4CC4)c(-c4ccc(F)cc4)c(F)c2OC)C3)CC1. The zero-order valence-electron chi connectivity index (χ0n) is 22.6. The summed E-state index contributed by atoms with van der Waals surface area (Å²) in [5.41, 5.74) is 2.62. The topological polar surface area (TPSA) is 63.6 Å². The highest BCUT2D eigenvalue weighted by Crippen LogP contribution is 2.48. The van der Waals surface area contributed by atoms with Gasteiger partial charge in [-0.3, -0.25) is 9.69 Å². The number of likely N-dealkylation sites (tertiary alicyclic amines) is 2. The minimum absolute atomic E-state index is 0.0392. The molecule has 0 atom stereocenters. The summed E-state index contributed by atoms with van der Waals surface area (Å²) < 4.78 is 40.2. The molecule has 7 nitrogen and oxygen atoms in total. The van der Waals surface area contributed by atoms with Gasteiger partial charge in [0.05, 0.1) is 26.1 Å². The molecule has 0 bridgehead atoms. The van der Waals surface area contributed by atoms with E-state index >= 15 is 4.39 Å². The maximum atomic E-state index is 15.9. The van der Waals surface area contributed by atoms with Crippen LogP contribution in [0.2, 0.25) is 0 Å². The quantitative estimate of drug-likeness (QED) is 0.458. The maximum Gasteiger partial charge on any atom is 0.309 e. The molecule has 208 valence electrons. The van der Waals surface area contributed by atoms with E-state index in [1.165, 1.54) is 19.2 Å². The van der Waals surface area contributed by atoms with Gasteiger partial charge in [-0.2, -0.15) is 0 Å². The summed E-state index contributed by atoms with van der Waals surface area (Å²) in [5, 5.41) is 4.42. The van der Waals surface area contributed by atoms with Crippen molar-refractivity contribution in [2.24, 2.45) is 11.1 Å². The number of carbonyl (C=O) groups excluding carboxylic acids is 1. The van der Waals surface area contributed by atoms with Crippen LogP contribution in [0.15, 0.2) is 35.5 Å². The highest BCUT2D eigenvalue weighted by molar-refractivity contribution is 5.84. The zero-order chi connectivity index (χ0) is 27.1. The van der Waals surface area contributed by atoms with Gasteiger partial charge in [0, 0.05) is 43.9 Å². The van der Waals surface area contributed by atoms with Crippen LogP contribution >= 0.6 is 0 Å². The van der Waals surface area contributed by atoms with E-state index in [-0.39, 0.29) is 34.9 Å². The maximum absolute atomic E-state index is 15.9. The second kappa shape index (κ2) is 10.4. The summed E-state index contributed by atoms with van der Waals surface area (Å²) in [7, 11) is 1.50. The fourth-order valence-electron chi connectivity index (χ4n) is 6.27. The molecule has 0 amide bonds. The third kappa shape index (κ3) is 5.09. The van der Waals surface area contributed by atoms with E-state index in [0.717, 1.165) is 62.2 Å². The molecule has 2 aromatic rings. The molecule has 3 heterocycles. The highest BCUT2D eigenvalue weighted by atomic mass is 19.1. The first kappa shape index (κ1) is 26.0. The first-order valence-corrected chi connectivity index (χ1v) is 13.9. The van der Waals surface area contributed by atoms with Crippen LogP contribution in [-0.4, -0.2) is 67.1 Å². The molecule has 9 heteroatoms. The van der Waals surface area contributed by atoms with Crippen molar-refractivity contribution in [2.75, 3.05) is 39.9 Å². The van der Waals surface area contributed by atoms with Gasteiger partial charge in [-0.1, -0.05) is 17.3 Å². The Bertz CT molecular complexity index is 1260. The average Bonchev–Trinajstić information content (AvgIpc) is 3.67. The zero-order valence-corrected chi connectivity index (χ0v) is 22.6. The Balaban J connectivity index is 1.11. The molecule has 2 saturated heterocycles. The summed E-state index contributed by atoms with van der Waals surface area (Å²) in [5.74, 6) is 0.637. The van der Waals surface area contributed by atoms with Crippen LogP contribution in [0.4, 0.5) is 8.78 Å². The van der Waals surface area contributed by atoms with Crippen molar-refractivity contribution in [3.05, 3.63) is 53.1 Å². The van der Waals surface area contributed by atoms with Gasteiger partial charge < -0.3 is 19.2 Å². The van der Waals surface area contributed by atoms with Gasteiger partial charge >= 0.3 is 5.97 Å². The molecule has 3 fully saturated rings. The predicted molar refractivity (Wildman–Crippen MR) is 142 cm³/mol. The number of halogens is 2. The summed E-state index contributed by atoms with van der Waals surface area (Å²) in [6.07, 6.45) is 4.31. The van der Waals surface area contributed by atoms with E-state index in [2.05, 4.69) is 21.0 Å². The third-order valence-corrected chi connectivity index (χ3v) is 8.41. The van der Waals surface area contributed by atoms with E-state index in [9.17, 15) is 9.18 Å². The molecule has 39 heavy (non-hydrogen) atoms. The molecule has 0 radical (unpaired) electrons. The summed E-state index contributed by atoms with van der Waals surface area (Å²) in [6, 6.07) is 8.07. The first-order chi connectivity index (χ1) is 18.9. The van der Waals surface area contributed by atoms with Gasteiger partial charge in [0.25, 0.3) is 0 Å². The van der Waals surface area contributed by atoms with Gasteiger partial charge in [0.2, 0.25) is 0 Å². The molecule has 1 spiro atoms. The third-order valence-electron chi connectivity index (χ3n) is 8.41. The number of hydrogen-bond acceptors (Lipinski definition) is 7. The Labute approximate surface area is 227 Å². The van der Waals surface area contributed by atoms with E-state index in [1.54, 1.807) is 12.1 Å². The molecule has 4 aliphatic rings. The number of esters is 1. The number of ether oxygens (including phenoxy) is 2. The lowest BCUT2D eigenvalue weighted by molar-refractivity contribution is -0.149. The number of oxime groups is 1. The Morgan fingerprint density at radius 3 is 2.49 bits per heavy atom. The molecular formula is C30H35F2N3O4. The Morgan fingerprint density at radius 2 is 1.85 bits per heavy atom. The lowest BCUT2D eigenvalue weighted by Crippen LogP contribution is -2.61. The van der Waals surface area contributed by atoms with Crippen molar-refractivity contribution in [1.82, 2.24) is 9.80 Å². The smallest absolute Gasteiger partial charge is 0.309 e. The molecular weight excluding hydrogens is 504 g/mol. The van der Waals surface area contributed by atoms with Crippen molar-refractivity contribution in [3.63, 3.8) is 0 Å². The van der Waals surface area contributed by atoms with Gasteiger partial charge in [-0.05, 0) is 67.9 Å². The fraction of sp³-hybridized carbons (Fsp3) is 0.533. The molecule has 3 aliphatic heterocycles. The average molecular weight is 540 g/mol. The molecule has 0 aromatic heterocycles. The van der Waals surface area contributed by atoms with Crippen LogP contribution < -0.4 is 4.74 Å². The molecule has 0 N–H and O–H groups in total. The monoisotopic (exact) mass is 539 g/mol. The number of rotatable bonds is 7. The minimum atomic E-state index is -0.382. The van der Waals surface area contributed by atoms with Crippen LogP contribution in [0, 0.1) is 17.6 Å². The summed E-state index contributed by atoms with van der Waals surface area (Å²) >= 11 is 0. The van der Waals surface area contributed by atoms with Crippen molar-refractivity contribution in [2.45, 2.75) is 57.1 Å². The number of hydrogen-bond donors (Lipinski definition) is 0. The molecule has 1 aliphatic carbocycles. The van der Waals surface area contributed by atoms with Crippen LogP contribution in [-0.2, 0) is 20.9 Å². The largest absolute Gasteiger partial charge is 0.493 e. The number of benzene rings is 2. The Hall–Kier alpha value is -3.20. The molecule has 6 rings (SSSR count). The second-order valence-corrected chi connectivity index (χ2v) is 11.2. The van der Waals surface area contributed by atoms with Gasteiger partial charge in [-0.15, -0.1) is 0 Å². The number of piperidine rings is 1. The molecule has 1 saturated carbocycles. The van der Waals surface area contributed by atoms with Crippen molar-refractivity contribution in [3.8, 4) is 16.9 Å². The van der Waals surface area contributed by atoms with Crippen LogP contribution in [0.3, 0.4) is 0 Å². The summed E-state index contributed by atoms with van der Waals surface area (Å²) in [4.78, 5) is 22.5. The van der Waals surface area contributed by atoms with Gasteiger partial charge in [0.1, 0.15) is 11.7 Å².